The minimum Gasteiger partial charge on any atom is -0.481 e. The van der Waals surface area contributed by atoms with Gasteiger partial charge in [0.2, 0.25) is 5.91 Å². The number of halogens is 5. The van der Waals surface area contributed by atoms with Crippen molar-refractivity contribution in [1.82, 2.24) is 4.90 Å². The highest BCUT2D eigenvalue weighted by Gasteiger charge is 2.29. The molecule has 1 aromatic rings. The SMILES string of the molecule is O=C(O)CCN(Cc1ccc(F)c(F)c1)C(=O)CCC(F)(F)F. The number of hydrogen-bond donors (Lipinski definition) is 1. The number of nitrogens with zero attached hydrogens (tertiary/aromatic N) is 1. The third kappa shape index (κ3) is 7.07. The second kappa shape index (κ2) is 7.89. The maximum absolute atomic E-state index is 13.1. The fraction of sp³-hybridized carbons (Fsp3) is 0.429. The molecule has 0 heterocycles. The number of alkyl halides is 3. The van der Waals surface area contributed by atoms with Crippen LogP contribution in [0.3, 0.4) is 0 Å². The van der Waals surface area contributed by atoms with Gasteiger partial charge in [-0.2, -0.15) is 13.2 Å². The molecule has 1 N–H and O–H groups in total. The highest BCUT2D eigenvalue weighted by molar-refractivity contribution is 5.77. The van der Waals surface area contributed by atoms with Crippen LogP contribution in [-0.2, 0) is 16.1 Å². The first kappa shape index (κ1) is 18.9. The van der Waals surface area contributed by atoms with E-state index in [1.54, 1.807) is 0 Å². The van der Waals surface area contributed by atoms with Crippen molar-refractivity contribution in [3.63, 3.8) is 0 Å². The standard InChI is InChI=1S/C14H14F5NO3/c15-10-2-1-9(7-11(10)16)8-20(6-4-13(22)23)12(21)3-5-14(17,18)19/h1-2,7H,3-6,8H2,(H,22,23). The second-order valence-corrected chi connectivity index (χ2v) is 4.82. The Hall–Kier alpha value is -2.19. The molecule has 1 rings (SSSR count). The number of carboxylic acid groups (broad SMARTS) is 1. The molecular formula is C14H14F5NO3. The van der Waals surface area contributed by atoms with Crippen molar-refractivity contribution in [2.45, 2.75) is 32.0 Å². The highest BCUT2D eigenvalue weighted by atomic mass is 19.4. The summed E-state index contributed by atoms with van der Waals surface area (Å²) in [4.78, 5) is 23.3. The van der Waals surface area contributed by atoms with E-state index >= 15 is 0 Å². The summed E-state index contributed by atoms with van der Waals surface area (Å²) in [7, 11) is 0. The van der Waals surface area contributed by atoms with Crippen molar-refractivity contribution in [1.29, 1.82) is 0 Å². The molecule has 0 atom stereocenters. The molecule has 128 valence electrons. The van der Waals surface area contributed by atoms with Crippen LogP contribution in [0, 0.1) is 11.6 Å². The molecule has 0 bridgehead atoms. The number of carboxylic acids is 1. The molecule has 0 aliphatic heterocycles. The normalized spacial score (nSPS) is 11.3. The lowest BCUT2D eigenvalue weighted by molar-refractivity contribution is -0.150. The predicted molar refractivity (Wildman–Crippen MR) is 69.3 cm³/mol. The zero-order chi connectivity index (χ0) is 17.6. The summed E-state index contributed by atoms with van der Waals surface area (Å²) in [5.74, 6) is -4.41. The van der Waals surface area contributed by atoms with E-state index < -0.39 is 48.9 Å². The monoisotopic (exact) mass is 339 g/mol. The molecule has 0 aliphatic carbocycles. The van der Waals surface area contributed by atoms with E-state index in [9.17, 15) is 31.5 Å². The van der Waals surface area contributed by atoms with Crippen molar-refractivity contribution >= 4 is 11.9 Å². The van der Waals surface area contributed by atoms with Crippen LogP contribution in [0.15, 0.2) is 18.2 Å². The minimum absolute atomic E-state index is 0.148. The first-order chi connectivity index (χ1) is 10.6. The minimum atomic E-state index is -4.52. The summed E-state index contributed by atoms with van der Waals surface area (Å²) in [5, 5.41) is 8.62. The van der Waals surface area contributed by atoms with Gasteiger partial charge in [0, 0.05) is 19.5 Å². The van der Waals surface area contributed by atoms with E-state index in [0.717, 1.165) is 17.0 Å². The number of amides is 1. The quantitative estimate of drug-likeness (QED) is 0.777. The number of carbonyl (C=O) groups excluding carboxylic acids is 1. The molecule has 9 heteroatoms. The molecule has 4 nitrogen and oxygen atoms in total. The average Bonchev–Trinajstić information content (AvgIpc) is 2.43. The van der Waals surface area contributed by atoms with E-state index in [2.05, 4.69) is 0 Å². The van der Waals surface area contributed by atoms with Crippen LogP contribution in [-0.4, -0.2) is 34.6 Å². The second-order valence-electron chi connectivity index (χ2n) is 4.82. The summed E-state index contributed by atoms with van der Waals surface area (Å²) in [5.41, 5.74) is 0.148. The number of carbonyl (C=O) groups is 2. The lowest BCUT2D eigenvalue weighted by Gasteiger charge is -2.22. The molecule has 0 aliphatic rings. The van der Waals surface area contributed by atoms with Crippen molar-refractivity contribution < 1.29 is 36.6 Å². The van der Waals surface area contributed by atoms with Crippen LogP contribution in [0.1, 0.15) is 24.8 Å². The van der Waals surface area contributed by atoms with Crippen LogP contribution in [0.25, 0.3) is 0 Å². The fourth-order valence-corrected chi connectivity index (χ4v) is 1.79. The molecule has 0 spiro atoms. The third-order valence-corrected chi connectivity index (χ3v) is 2.93. The molecule has 1 aromatic carbocycles. The summed E-state index contributed by atoms with van der Waals surface area (Å²) in [6.07, 6.45) is -7.17. The lowest BCUT2D eigenvalue weighted by Crippen LogP contribution is -2.33. The van der Waals surface area contributed by atoms with Gasteiger partial charge in [-0.15, -0.1) is 0 Å². The van der Waals surface area contributed by atoms with Gasteiger partial charge in [-0.25, -0.2) is 8.78 Å². The van der Waals surface area contributed by atoms with Gasteiger partial charge in [-0.1, -0.05) is 6.07 Å². The summed E-state index contributed by atoms with van der Waals surface area (Å²) >= 11 is 0. The van der Waals surface area contributed by atoms with Gasteiger partial charge < -0.3 is 10.0 Å². The van der Waals surface area contributed by atoms with Crippen LogP contribution < -0.4 is 0 Å². The van der Waals surface area contributed by atoms with Gasteiger partial charge in [0.05, 0.1) is 12.8 Å². The molecule has 0 fully saturated rings. The fourth-order valence-electron chi connectivity index (χ4n) is 1.79. The number of hydrogen-bond acceptors (Lipinski definition) is 2. The van der Waals surface area contributed by atoms with Crippen LogP contribution >= 0.6 is 0 Å². The summed E-state index contributed by atoms with van der Waals surface area (Å²) < 4.78 is 62.5. The summed E-state index contributed by atoms with van der Waals surface area (Å²) in [6, 6.07) is 2.80. The van der Waals surface area contributed by atoms with Gasteiger partial charge in [-0.05, 0) is 17.7 Å². The largest absolute Gasteiger partial charge is 0.481 e. The van der Waals surface area contributed by atoms with E-state index in [1.165, 1.54) is 6.07 Å². The van der Waals surface area contributed by atoms with Gasteiger partial charge >= 0.3 is 12.1 Å². The lowest BCUT2D eigenvalue weighted by atomic mass is 10.1. The Bertz CT molecular complexity index is 574. The van der Waals surface area contributed by atoms with Crippen molar-refractivity contribution in [3.8, 4) is 0 Å². The number of aliphatic carboxylic acids is 1. The molecule has 23 heavy (non-hydrogen) atoms. The average molecular weight is 339 g/mol. The van der Waals surface area contributed by atoms with Crippen LogP contribution in [0.2, 0.25) is 0 Å². The van der Waals surface area contributed by atoms with Gasteiger partial charge in [0.1, 0.15) is 0 Å². The Morgan fingerprint density at radius 2 is 1.74 bits per heavy atom. The first-order valence-electron chi connectivity index (χ1n) is 6.59. The first-order valence-corrected chi connectivity index (χ1v) is 6.59. The molecule has 0 unspecified atom stereocenters. The molecule has 0 aromatic heterocycles. The Kier molecular flexibility index (Phi) is 6.47. The molecule has 0 saturated heterocycles. The molecule has 0 saturated carbocycles. The smallest absolute Gasteiger partial charge is 0.389 e. The zero-order valence-corrected chi connectivity index (χ0v) is 11.9. The summed E-state index contributed by atoms with van der Waals surface area (Å²) in [6.45, 7) is -0.633. The molecular weight excluding hydrogens is 325 g/mol. The Balaban J connectivity index is 2.80. The Morgan fingerprint density at radius 1 is 1.09 bits per heavy atom. The Labute approximate surface area is 128 Å². The maximum atomic E-state index is 13.1. The van der Waals surface area contributed by atoms with E-state index in [4.69, 9.17) is 5.11 Å². The van der Waals surface area contributed by atoms with Gasteiger partial charge in [0.15, 0.2) is 11.6 Å². The maximum Gasteiger partial charge on any atom is 0.389 e. The number of rotatable bonds is 7. The van der Waals surface area contributed by atoms with Gasteiger partial charge in [0.25, 0.3) is 0 Å². The van der Waals surface area contributed by atoms with Crippen LogP contribution in [0.5, 0.6) is 0 Å². The van der Waals surface area contributed by atoms with Crippen molar-refractivity contribution in [2.24, 2.45) is 0 Å². The molecule has 0 radical (unpaired) electrons. The Morgan fingerprint density at radius 3 is 2.26 bits per heavy atom. The van der Waals surface area contributed by atoms with Crippen molar-refractivity contribution in [3.05, 3.63) is 35.4 Å². The topological polar surface area (TPSA) is 57.6 Å². The van der Waals surface area contributed by atoms with Crippen molar-refractivity contribution in [2.75, 3.05) is 6.54 Å². The predicted octanol–water partition coefficient (Wildman–Crippen LogP) is 3.11. The zero-order valence-electron chi connectivity index (χ0n) is 11.9. The third-order valence-electron chi connectivity index (χ3n) is 2.93. The van der Waals surface area contributed by atoms with E-state index in [0.29, 0.717) is 0 Å². The number of benzene rings is 1. The van der Waals surface area contributed by atoms with E-state index in [-0.39, 0.29) is 18.7 Å². The van der Waals surface area contributed by atoms with Crippen LogP contribution in [0.4, 0.5) is 22.0 Å². The van der Waals surface area contributed by atoms with Gasteiger partial charge in [-0.3, -0.25) is 9.59 Å². The van der Waals surface area contributed by atoms with E-state index in [1.807, 2.05) is 0 Å². The highest BCUT2D eigenvalue weighted by Crippen LogP contribution is 2.22. The molecule has 1 amide bonds.